The van der Waals surface area contributed by atoms with Gasteiger partial charge in [-0.3, -0.25) is 9.69 Å². The Morgan fingerprint density at radius 2 is 2.45 bits per heavy atom. The first-order chi connectivity index (χ1) is 5.15. The van der Waals surface area contributed by atoms with E-state index in [0.29, 0.717) is 12.6 Å². The third kappa shape index (κ3) is 0.795. The van der Waals surface area contributed by atoms with Crippen molar-refractivity contribution in [1.29, 1.82) is 0 Å². The molecule has 2 rings (SSSR count). The van der Waals surface area contributed by atoms with E-state index >= 15 is 0 Å². The van der Waals surface area contributed by atoms with Crippen molar-refractivity contribution in [2.45, 2.75) is 18.1 Å². The minimum Gasteiger partial charge on any atom is -0.338 e. The summed E-state index contributed by atoms with van der Waals surface area (Å²) in [4.78, 5) is 14.4. The first-order valence-corrected chi connectivity index (χ1v) is 3.87. The van der Waals surface area contributed by atoms with E-state index in [1.807, 2.05) is 7.05 Å². The monoisotopic (exact) mass is 155 g/mol. The van der Waals surface area contributed by atoms with Crippen molar-refractivity contribution in [3.63, 3.8) is 0 Å². The van der Waals surface area contributed by atoms with Crippen molar-refractivity contribution in [2.24, 2.45) is 5.73 Å². The Morgan fingerprint density at radius 1 is 1.73 bits per heavy atom. The standard InChI is InChI=1S/C7H13N3O/c1-9-3-6-2-7(9,8)4-10(6)5-11/h5-6H,2-4,8H2,1H3/t6?,7-/m0/s1. The molecule has 4 nitrogen and oxygen atoms in total. The average molecular weight is 155 g/mol. The van der Waals surface area contributed by atoms with E-state index < -0.39 is 0 Å². The van der Waals surface area contributed by atoms with E-state index in [0.717, 1.165) is 19.4 Å². The molecule has 2 heterocycles. The Bertz CT molecular complexity index is 196. The Labute approximate surface area is 65.9 Å². The van der Waals surface area contributed by atoms with Crippen LogP contribution in [0.5, 0.6) is 0 Å². The maximum atomic E-state index is 10.5. The van der Waals surface area contributed by atoms with E-state index in [1.165, 1.54) is 0 Å². The SMILES string of the molecule is CN1CC2C[C@@]1(N)CN2C=O. The molecular formula is C7H13N3O. The molecule has 62 valence electrons. The maximum Gasteiger partial charge on any atom is 0.210 e. The number of likely N-dealkylation sites (tertiary alicyclic amines) is 2. The Kier molecular flexibility index (Phi) is 1.25. The van der Waals surface area contributed by atoms with Crippen LogP contribution in [-0.2, 0) is 4.79 Å². The first-order valence-electron chi connectivity index (χ1n) is 3.87. The number of fused-ring (bicyclic) bond motifs is 2. The molecule has 1 unspecified atom stereocenters. The van der Waals surface area contributed by atoms with Gasteiger partial charge in [0.05, 0.1) is 12.2 Å². The number of likely N-dealkylation sites (N-methyl/N-ethyl adjacent to an activating group) is 1. The van der Waals surface area contributed by atoms with Crippen molar-refractivity contribution in [3.8, 4) is 0 Å². The highest BCUT2D eigenvalue weighted by atomic mass is 16.1. The number of nitrogens with zero attached hydrogens (tertiary/aromatic N) is 2. The number of rotatable bonds is 1. The lowest BCUT2D eigenvalue weighted by atomic mass is 10.1. The van der Waals surface area contributed by atoms with Gasteiger partial charge in [-0.1, -0.05) is 0 Å². The first kappa shape index (κ1) is 7.06. The van der Waals surface area contributed by atoms with Crippen LogP contribution in [0.15, 0.2) is 0 Å². The lowest BCUT2D eigenvalue weighted by molar-refractivity contribution is -0.120. The molecule has 2 aliphatic heterocycles. The number of nitrogens with two attached hydrogens (primary N) is 1. The number of carbonyl (C=O) groups excluding carboxylic acids is 1. The molecule has 1 amide bonds. The molecule has 2 atom stereocenters. The van der Waals surface area contributed by atoms with E-state index in [2.05, 4.69) is 4.90 Å². The van der Waals surface area contributed by atoms with Crippen LogP contribution in [0.25, 0.3) is 0 Å². The highest BCUT2D eigenvalue weighted by molar-refractivity contribution is 5.50. The quantitative estimate of drug-likeness (QED) is 0.485. The van der Waals surface area contributed by atoms with Crippen LogP contribution in [0.1, 0.15) is 6.42 Å². The van der Waals surface area contributed by atoms with E-state index in [-0.39, 0.29) is 5.66 Å². The lowest BCUT2D eigenvalue weighted by Crippen LogP contribution is -2.57. The van der Waals surface area contributed by atoms with Crippen LogP contribution >= 0.6 is 0 Å². The third-order valence-electron chi connectivity index (χ3n) is 2.89. The second kappa shape index (κ2) is 1.95. The molecule has 11 heavy (non-hydrogen) atoms. The van der Waals surface area contributed by atoms with Crippen LogP contribution in [0.4, 0.5) is 0 Å². The molecule has 0 aromatic carbocycles. The van der Waals surface area contributed by atoms with Crippen molar-refractivity contribution in [2.75, 3.05) is 20.1 Å². The molecule has 0 aliphatic carbocycles. The van der Waals surface area contributed by atoms with Gasteiger partial charge in [-0.05, 0) is 7.05 Å². The smallest absolute Gasteiger partial charge is 0.210 e. The fourth-order valence-electron chi connectivity index (χ4n) is 2.10. The normalized spacial score (nSPS) is 43.5. The third-order valence-corrected chi connectivity index (χ3v) is 2.89. The van der Waals surface area contributed by atoms with Gasteiger partial charge in [-0.15, -0.1) is 0 Å². The Balaban J connectivity index is 2.19. The van der Waals surface area contributed by atoms with E-state index in [1.54, 1.807) is 4.90 Å². The zero-order valence-electron chi connectivity index (χ0n) is 6.66. The summed E-state index contributed by atoms with van der Waals surface area (Å²) in [5, 5.41) is 0. The average Bonchev–Trinajstić information content (AvgIpc) is 2.40. The number of hydrogen-bond donors (Lipinski definition) is 1. The van der Waals surface area contributed by atoms with Gasteiger partial charge in [-0.2, -0.15) is 0 Å². The Hall–Kier alpha value is -0.610. The van der Waals surface area contributed by atoms with Crippen molar-refractivity contribution in [3.05, 3.63) is 0 Å². The van der Waals surface area contributed by atoms with Crippen LogP contribution in [0, 0.1) is 0 Å². The van der Waals surface area contributed by atoms with Crippen LogP contribution in [-0.4, -0.2) is 48.1 Å². The minimum absolute atomic E-state index is 0.231. The van der Waals surface area contributed by atoms with Crippen LogP contribution in [0.3, 0.4) is 0 Å². The van der Waals surface area contributed by atoms with Gasteiger partial charge >= 0.3 is 0 Å². The number of hydrogen-bond acceptors (Lipinski definition) is 3. The molecule has 0 saturated carbocycles. The second-order valence-electron chi connectivity index (χ2n) is 3.62. The molecule has 2 N–H and O–H groups in total. The highest BCUT2D eigenvalue weighted by Gasteiger charge is 2.50. The fourth-order valence-corrected chi connectivity index (χ4v) is 2.10. The summed E-state index contributed by atoms with van der Waals surface area (Å²) in [6.45, 7) is 1.62. The topological polar surface area (TPSA) is 49.6 Å². The summed E-state index contributed by atoms with van der Waals surface area (Å²) in [7, 11) is 2.02. The van der Waals surface area contributed by atoms with Gasteiger partial charge < -0.3 is 10.6 Å². The summed E-state index contributed by atoms with van der Waals surface area (Å²) >= 11 is 0. The molecule has 0 aromatic heterocycles. The van der Waals surface area contributed by atoms with Crippen LogP contribution < -0.4 is 5.73 Å². The molecule has 2 fully saturated rings. The summed E-state index contributed by atoms with van der Waals surface area (Å²) < 4.78 is 0. The fraction of sp³-hybridized carbons (Fsp3) is 0.857. The molecule has 0 aromatic rings. The molecular weight excluding hydrogens is 142 g/mol. The lowest BCUT2D eigenvalue weighted by Gasteiger charge is -2.35. The van der Waals surface area contributed by atoms with Crippen molar-refractivity contribution in [1.82, 2.24) is 9.80 Å². The highest BCUT2D eigenvalue weighted by Crippen LogP contribution is 2.33. The van der Waals surface area contributed by atoms with E-state index in [9.17, 15) is 4.79 Å². The predicted molar refractivity (Wildman–Crippen MR) is 40.7 cm³/mol. The summed E-state index contributed by atoms with van der Waals surface area (Å²) in [5.74, 6) is 0. The van der Waals surface area contributed by atoms with Gasteiger partial charge in [0, 0.05) is 19.0 Å². The summed E-state index contributed by atoms with van der Waals surface area (Å²) in [6.07, 6.45) is 1.84. The molecule has 2 bridgehead atoms. The maximum absolute atomic E-state index is 10.5. The largest absolute Gasteiger partial charge is 0.338 e. The number of carbonyl (C=O) groups is 1. The zero-order chi connectivity index (χ0) is 8.06. The second-order valence-corrected chi connectivity index (χ2v) is 3.62. The van der Waals surface area contributed by atoms with Crippen molar-refractivity contribution < 1.29 is 4.79 Å². The number of amides is 1. The van der Waals surface area contributed by atoms with Gasteiger partial charge in [0.1, 0.15) is 0 Å². The molecule has 0 spiro atoms. The van der Waals surface area contributed by atoms with Gasteiger partial charge in [0.15, 0.2) is 0 Å². The van der Waals surface area contributed by atoms with Gasteiger partial charge in [0.25, 0.3) is 0 Å². The summed E-state index contributed by atoms with van der Waals surface area (Å²) in [5.41, 5.74) is 5.80. The van der Waals surface area contributed by atoms with Crippen molar-refractivity contribution >= 4 is 6.41 Å². The predicted octanol–water partition coefficient (Wildman–Crippen LogP) is -1.18. The van der Waals surface area contributed by atoms with Gasteiger partial charge in [0.2, 0.25) is 6.41 Å². The van der Waals surface area contributed by atoms with Gasteiger partial charge in [-0.25, -0.2) is 0 Å². The molecule has 0 radical (unpaired) electrons. The van der Waals surface area contributed by atoms with E-state index in [4.69, 9.17) is 5.73 Å². The molecule has 2 saturated heterocycles. The zero-order valence-corrected chi connectivity index (χ0v) is 6.66. The minimum atomic E-state index is -0.231. The molecule has 4 heteroatoms. The van der Waals surface area contributed by atoms with Crippen LogP contribution in [0.2, 0.25) is 0 Å². The molecule has 2 aliphatic rings. The Morgan fingerprint density at radius 3 is 2.82 bits per heavy atom. The number of piperazine rings is 1. The summed E-state index contributed by atoms with van der Waals surface area (Å²) in [6, 6.07) is 0.363.